The largest absolute Gasteiger partial charge is 0.368 e. The first-order chi connectivity index (χ1) is 10.9. The van der Waals surface area contributed by atoms with Crippen LogP contribution in [0.15, 0.2) is 36.5 Å². The summed E-state index contributed by atoms with van der Waals surface area (Å²) in [6, 6.07) is 8.24. The third-order valence-corrected chi connectivity index (χ3v) is 6.54. The summed E-state index contributed by atoms with van der Waals surface area (Å²) in [6.45, 7) is 0. The second kappa shape index (κ2) is 6.00. The number of amides is 1. The van der Waals surface area contributed by atoms with E-state index in [1.54, 1.807) is 6.20 Å². The van der Waals surface area contributed by atoms with Gasteiger partial charge in [-0.2, -0.15) is 17.4 Å². The van der Waals surface area contributed by atoms with Gasteiger partial charge in [0.05, 0.1) is 6.04 Å². The normalized spacial score (nSPS) is 24.4. The van der Waals surface area contributed by atoms with Crippen molar-refractivity contribution >= 4 is 27.5 Å². The van der Waals surface area contributed by atoms with Crippen LogP contribution in [-0.4, -0.2) is 36.7 Å². The Hall–Kier alpha value is -1.81. The van der Waals surface area contributed by atoms with Gasteiger partial charge in [0.25, 0.3) is 10.2 Å². The second-order valence-corrected chi connectivity index (χ2v) is 8.10. The number of carbonyl (C=O) groups is 1. The van der Waals surface area contributed by atoms with Gasteiger partial charge in [0.15, 0.2) is 0 Å². The molecular weight excluding hydrogens is 336 g/mol. The maximum Gasteiger partial charge on any atom is 0.280 e. The molecule has 0 spiro atoms. The van der Waals surface area contributed by atoms with Crippen molar-refractivity contribution in [1.29, 1.82) is 0 Å². The van der Waals surface area contributed by atoms with E-state index in [4.69, 9.17) is 5.73 Å². The fourth-order valence-corrected chi connectivity index (χ4v) is 4.82. The Morgan fingerprint density at radius 2 is 2.09 bits per heavy atom. The molecule has 1 amide bonds. The van der Waals surface area contributed by atoms with E-state index >= 15 is 0 Å². The third kappa shape index (κ3) is 3.13. The van der Waals surface area contributed by atoms with E-state index in [2.05, 4.69) is 9.71 Å². The molecule has 122 valence electrons. The van der Waals surface area contributed by atoms with Crippen molar-refractivity contribution in [2.75, 3.05) is 7.05 Å². The molecule has 2 unspecified atom stereocenters. The summed E-state index contributed by atoms with van der Waals surface area (Å²) in [5.41, 5.74) is 6.29. The molecule has 2 heterocycles. The highest BCUT2D eigenvalue weighted by Gasteiger charge is 2.40. The van der Waals surface area contributed by atoms with Crippen LogP contribution in [-0.2, 0) is 15.0 Å². The Morgan fingerprint density at radius 1 is 1.39 bits per heavy atom. The molecule has 1 aromatic heterocycles. The Kier molecular flexibility index (Phi) is 4.19. The smallest absolute Gasteiger partial charge is 0.280 e. The number of hydrogen-bond donors (Lipinski definition) is 2. The van der Waals surface area contributed by atoms with Gasteiger partial charge < -0.3 is 5.73 Å². The standard InChI is InChI=1S/C14H16N4O3S2/c1-18-11(13(15)19)7-10(17-23(18,20)21)12-8-16-14(22-12)9-5-3-2-4-6-9/h2-6,8,10-11,17H,7H2,1H3,(H2,15,19). The van der Waals surface area contributed by atoms with Crippen molar-refractivity contribution in [2.24, 2.45) is 5.73 Å². The lowest BCUT2D eigenvalue weighted by atomic mass is 10.1. The number of carbonyl (C=O) groups excluding carboxylic acids is 1. The number of primary amides is 1. The van der Waals surface area contributed by atoms with Gasteiger partial charge in [-0.15, -0.1) is 11.3 Å². The van der Waals surface area contributed by atoms with Gasteiger partial charge >= 0.3 is 0 Å². The fourth-order valence-electron chi connectivity index (χ4n) is 2.48. The molecule has 0 aliphatic carbocycles. The minimum Gasteiger partial charge on any atom is -0.368 e. The van der Waals surface area contributed by atoms with E-state index in [1.165, 1.54) is 18.4 Å². The molecule has 0 radical (unpaired) electrons. The summed E-state index contributed by atoms with van der Waals surface area (Å²) >= 11 is 1.40. The fraction of sp³-hybridized carbons (Fsp3) is 0.286. The summed E-state index contributed by atoms with van der Waals surface area (Å²) in [5.74, 6) is -0.657. The van der Waals surface area contributed by atoms with Crippen LogP contribution in [0.3, 0.4) is 0 Å². The van der Waals surface area contributed by atoms with E-state index in [9.17, 15) is 13.2 Å². The maximum atomic E-state index is 12.1. The van der Waals surface area contributed by atoms with Gasteiger partial charge in [-0.1, -0.05) is 30.3 Å². The van der Waals surface area contributed by atoms with Gasteiger partial charge in [0, 0.05) is 23.7 Å². The average molecular weight is 352 g/mol. The van der Waals surface area contributed by atoms with Crippen molar-refractivity contribution in [2.45, 2.75) is 18.5 Å². The van der Waals surface area contributed by atoms with Crippen molar-refractivity contribution in [3.05, 3.63) is 41.4 Å². The zero-order chi connectivity index (χ0) is 16.6. The molecule has 0 saturated carbocycles. The minimum absolute atomic E-state index is 0.279. The van der Waals surface area contributed by atoms with E-state index in [1.807, 2.05) is 30.3 Å². The lowest BCUT2D eigenvalue weighted by molar-refractivity contribution is -0.122. The summed E-state index contributed by atoms with van der Waals surface area (Å²) in [4.78, 5) is 16.6. The predicted octanol–water partition coefficient (Wildman–Crippen LogP) is 0.875. The molecule has 7 nitrogen and oxygen atoms in total. The number of benzene rings is 1. The molecule has 9 heteroatoms. The first-order valence-corrected chi connectivity index (χ1v) is 9.20. The van der Waals surface area contributed by atoms with Gasteiger partial charge in [-0.3, -0.25) is 4.79 Å². The molecule has 1 fully saturated rings. The van der Waals surface area contributed by atoms with Crippen molar-refractivity contribution < 1.29 is 13.2 Å². The lowest BCUT2D eigenvalue weighted by Gasteiger charge is -2.34. The van der Waals surface area contributed by atoms with E-state index < -0.39 is 28.2 Å². The summed E-state index contributed by atoms with van der Waals surface area (Å²) in [7, 11) is -2.40. The predicted molar refractivity (Wildman–Crippen MR) is 87.7 cm³/mol. The lowest BCUT2D eigenvalue weighted by Crippen LogP contribution is -2.56. The van der Waals surface area contributed by atoms with Gasteiger partial charge in [-0.05, 0) is 6.42 Å². The van der Waals surface area contributed by atoms with Crippen molar-refractivity contribution in [1.82, 2.24) is 14.0 Å². The Balaban J connectivity index is 1.90. The van der Waals surface area contributed by atoms with Crippen LogP contribution < -0.4 is 10.5 Å². The molecule has 2 atom stereocenters. The molecule has 1 aromatic carbocycles. The highest BCUT2D eigenvalue weighted by Crippen LogP contribution is 2.34. The number of likely N-dealkylation sites (N-methyl/N-ethyl adjacent to an activating group) is 1. The van der Waals surface area contributed by atoms with E-state index in [0.29, 0.717) is 0 Å². The summed E-state index contributed by atoms with van der Waals surface area (Å²) in [6.07, 6.45) is 1.92. The van der Waals surface area contributed by atoms with Crippen molar-refractivity contribution in [3.63, 3.8) is 0 Å². The highest BCUT2D eigenvalue weighted by atomic mass is 32.2. The Bertz CT molecular complexity index is 820. The van der Waals surface area contributed by atoms with Gasteiger partial charge in [0.2, 0.25) is 5.91 Å². The third-order valence-electron chi connectivity index (χ3n) is 3.78. The number of aromatic nitrogens is 1. The summed E-state index contributed by atoms with van der Waals surface area (Å²) < 4.78 is 27.8. The second-order valence-electron chi connectivity index (χ2n) is 5.28. The first-order valence-electron chi connectivity index (χ1n) is 6.94. The van der Waals surface area contributed by atoms with Crippen LogP contribution in [0.1, 0.15) is 17.3 Å². The SMILES string of the molecule is CN1C(C(N)=O)CC(c2cnc(-c3ccccc3)s2)NS1(=O)=O. The molecular formula is C14H16N4O3S2. The average Bonchev–Trinajstić information content (AvgIpc) is 3.00. The van der Waals surface area contributed by atoms with E-state index in [0.717, 1.165) is 19.8 Å². The topological polar surface area (TPSA) is 105 Å². The summed E-state index contributed by atoms with van der Waals surface area (Å²) in [5, 5.41) is 0.800. The quantitative estimate of drug-likeness (QED) is 0.855. The number of rotatable bonds is 3. The van der Waals surface area contributed by atoms with Gasteiger partial charge in [0.1, 0.15) is 11.0 Å². The molecule has 1 saturated heterocycles. The number of nitrogens with one attached hydrogen (secondary N) is 1. The first kappa shape index (κ1) is 16.1. The number of thiazole rings is 1. The highest BCUT2D eigenvalue weighted by molar-refractivity contribution is 7.87. The Morgan fingerprint density at radius 3 is 2.74 bits per heavy atom. The minimum atomic E-state index is -3.75. The van der Waals surface area contributed by atoms with Crippen LogP contribution in [0.2, 0.25) is 0 Å². The zero-order valence-corrected chi connectivity index (χ0v) is 14.0. The van der Waals surface area contributed by atoms with Crippen LogP contribution in [0, 0.1) is 0 Å². The number of nitrogens with zero attached hydrogens (tertiary/aromatic N) is 2. The number of hydrogen-bond acceptors (Lipinski definition) is 5. The maximum absolute atomic E-state index is 12.1. The molecule has 3 rings (SSSR count). The molecule has 23 heavy (non-hydrogen) atoms. The Labute approximate surface area is 138 Å². The van der Waals surface area contributed by atoms with Crippen LogP contribution >= 0.6 is 11.3 Å². The van der Waals surface area contributed by atoms with Crippen LogP contribution in [0.25, 0.3) is 10.6 Å². The monoisotopic (exact) mass is 352 g/mol. The molecule has 1 aliphatic heterocycles. The molecule has 3 N–H and O–H groups in total. The molecule has 0 bridgehead atoms. The molecule has 1 aliphatic rings. The van der Waals surface area contributed by atoms with Crippen molar-refractivity contribution in [3.8, 4) is 10.6 Å². The van der Waals surface area contributed by atoms with E-state index in [-0.39, 0.29) is 6.42 Å². The number of nitrogens with two attached hydrogens (primary N) is 1. The van der Waals surface area contributed by atoms with Gasteiger partial charge in [-0.25, -0.2) is 4.98 Å². The van der Waals surface area contributed by atoms with Crippen LogP contribution in [0.5, 0.6) is 0 Å². The zero-order valence-electron chi connectivity index (χ0n) is 12.3. The van der Waals surface area contributed by atoms with Crippen LogP contribution in [0.4, 0.5) is 0 Å². The molecule has 2 aromatic rings.